The van der Waals surface area contributed by atoms with E-state index >= 15 is 0 Å². The average Bonchev–Trinajstić information content (AvgIpc) is 3.01. The van der Waals surface area contributed by atoms with Crippen molar-refractivity contribution < 1.29 is 5.11 Å². The number of imidazole rings is 1. The molecule has 1 unspecified atom stereocenters. The van der Waals surface area contributed by atoms with Gasteiger partial charge in [-0.25, -0.2) is 4.98 Å². The maximum Gasteiger partial charge on any atom is 0.140 e. The zero-order valence-electron chi connectivity index (χ0n) is 14.0. The van der Waals surface area contributed by atoms with Crippen LogP contribution in [-0.4, -0.2) is 28.3 Å². The molecule has 0 saturated heterocycles. The van der Waals surface area contributed by atoms with E-state index in [4.69, 9.17) is 4.98 Å². The second-order valence-corrected chi connectivity index (χ2v) is 5.47. The summed E-state index contributed by atoms with van der Waals surface area (Å²) in [6, 6.07) is 20.0. The zero-order chi connectivity index (χ0) is 16.1. The van der Waals surface area contributed by atoms with Crippen molar-refractivity contribution in [3.8, 4) is 11.4 Å². The molecule has 0 bridgehead atoms. The number of rotatable bonds is 6. The molecule has 1 atom stereocenters. The van der Waals surface area contributed by atoms with E-state index in [0.29, 0.717) is 6.54 Å². The summed E-state index contributed by atoms with van der Waals surface area (Å²) < 4.78 is 2.07. The highest BCUT2D eigenvalue weighted by Crippen LogP contribution is 2.26. The van der Waals surface area contributed by atoms with Crippen molar-refractivity contribution in [2.75, 3.05) is 13.7 Å². The molecule has 134 valence electrons. The SMILES string of the molecule is CNCc1cn(C(CO)c2ccccc2)c(-c2ccccc2)n1.Cl.Cl. The quantitative estimate of drug-likeness (QED) is 0.686. The summed E-state index contributed by atoms with van der Waals surface area (Å²) in [6.07, 6.45) is 2.02. The monoisotopic (exact) mass is 379 g/mol. The Bertz CT molecular complexity index is 748. The minimum absolute atomic E-state index is 0. The standard InChI is InChI=1S/C19H21N3O.2ClH/c1-20-12-17-13-22(18(14-23)15-8-4-2-5-9-15)19(21-17)16-10-6-3-7-11-16;;/h2-11,13,18,20,23H,12,14H2,1H3;2*1H. The number of aromatic nitrogens is 2. The van der Waals surface area contributed by atoms with Gasteiger partial charge in [0.2, 0.25) is 0 Å². The second-order valence-electron chi connectivity index (χ2n) is 5.47. The van der Waals surface area contributed by atoms with Crippen molar-refractivity contribution in [2.24, 2.45) is 0 Å². The van der Waals surface area contributed by atoms with Crippen molar-refractivity contribution in [3.63, 3.8) is 0 Å². The van der Waals surface area contributed by atoms with Gasteiger partial charge in [0.05, 0.1) is 18.3 Å². The van der Waals surface area contributed by atoms with E-state index in [2.05, 4.69) is 9.88 Å². The maximum absolute atomic E-state index is 9.98. The van der Waals surface area contributed by atoms with Crippen LogP contribution >= 0.6 is 24.8 Å². The molecule has 3 rings (SSSR count). The number of benzene rings is 2. The van der Waals surface area contributed by atoms with Gasteiger partial charge >= 0.3 is 0 Å². The first kappa shape index (κ1) is 21.2. The summed E-state index contributed by atoms with van der Waals surface area (Å²) in [4.78, 5) is 4.75. The third-order valence-corrected chi connectivity index (χ3v) is 3.87. The fourth-order valence-corrected chi connectivity index (χ4v) is 2.78. The van der Waals surface area contributed by atoms with Crippen molar-refractivity contribution in [1.29, 1.82) is 0 Å². The summed E-state index contributed by atoms with van der Waals surface area (Å²) in [5.74, 6) is 0.874. The molecule has 0 saturated carbocycles. The smallest absolute Gasteiger partial charge is 0.140 e. The van der Waals surface area contributed by atoms with Crippen LogP contribution in [0.1, 0.15) is 17.3 Å². The molecule has 0 fully saturated rings. The van der Waals surface area contributed by atoms with E-state index in [9.17, 15) is 5.11 Å². The zero-order valence-corrected chi connectivity index (χ0v) is 15.6. The van der Waals surface area contributed by atoms with Gasteiger partial charge in [-0.2, -0.15) is 0 Å². The number of hydrogen-bond donors (Lipinski definition) is 2. The molecule has 25 heavy (non-hydrogen) atoms. The van der Waals surface area contributed by atoms with Crippen LogP contribution in [0.4, 0.5) is 0 Å². The lowest BCUT2D eigenvalue weighted by molar-refractivity contribution is 0.250. The van der Waals surface area contributed by atoms with Crippen LogP contribution in [0.15, 0.2) is 66.9 Å². The minimum atomic E-state index is -0.149. The van der Waals surface area contributed by atoms with E-state index < -0.39 is 0 Å². The fraction of sp³-hybridized carbons (Fsp3) is 0.211. The van der Waals surface area contributed by atoms with Crippen LogP contribution in [0.2, 0.25) is 0 Å². The average molecular weight is 380 g/mol. The molecule has 0 aliphatic heterocycles. The predicted molar refractivity (Wildman–Crippen MR) is 107 cm³/mol. The maximum atomic E-state index is 9.98. The van der Waals surface area contributed by atoms with Gasteiger partial charge in [-0.05, 0) is 12.6 Å². The summed E-state index contributed by atoms with van der Waals surface area (Å²) in [5.41, 5.74) is 3.07. The number of aliphatic hydroxyl groups excluding tert-OH is 1. The highest BCUT2D eigenvalue weighted by Gasteiger charge is 2.18. The Morgan fingerprint density at radius 2 is 1.60 bits per heavy atom. The summed E-state index contributed by atoms with van der Waals surface area (Å²) in [5, 5.41) is 13.1. The Labute approximate surface area is 160 Å². The van der Waals surface area contributed by atoms with Gasteiger partial charge in [0.25, 0.3) is 0 Å². The Morgan fingerprint density at radius 1 is 1.00 bits per heavy atom. The highest BCUT2D eigenvalue weighted by atomic mass is 35.5. The number of aliphatic hydroxyl groups is 1. The van der Waals surface area contributed by atoms with Gasteiger partial charge in [-0.1, -0.05) is 60.7 Å². The van der Waals surface area contributed by atoms with Crippen LogP contribution in [-0.2, 0) is 6.54 Å². The second kappa shape index (κ2) is 10.2. The van der Waals surface area contributed by atoms with Crippen LogP contribution in [0.5, 0.6) is 0 Å². The summed E-state index contributed by atoms with van der Waals surface area (Å²) in [6.45, 7) is 0.721. The molecule has 4 nitrogen and oxygen atoms in total. The van der Waals surface area contributed by atoms with Crippen LogP contribution < -0.4 is 5.32 Å². The normalized spacial score (nSPS) is 11.3. The number of nitrogens with zero attached hydrogens (tertiary/aromatic N) is 2. The van der Waals surface area contributed by atoms with Gasteiger partial charge in [-0.3, -0.25) is 0 Å². The molecule has 1 heterocycles. The topological polar surface area (TPSA) is 50.1 Å². The molecule has 0 radical (unpaired) electrons. The van der Waals surface area contributed by atoms with E-state index in [-0.39, 0.29) is 37.5 Å². The first-order chi connectivity index (χ1) is 11.3. The highest BCUT2D eigenvalue weighted by molar-refractivity contribution is 5.85. The first-order valence-electron chi connectivity index (χ1n) is 7.77. The Kier molecular flexibility index (Phi) is 8.66. The van der Waals surface area contributed by atoms with Gasteiger partial charge in [0, 0.05) is 18.3 Å². The third kappa shape index (κ3) is 4.83. The molecule has 6 heteroatoms. The van der Waals surface area contributed by atoms with Gasteiger partial charge in [0.1, 0.15) is 5.82 Å². The lowest BCUT2D eigenvalue weighted by Crippen LogP contribution is -2.15. The Balaban J connectivity index is 0.00000156. The molecule has 0 amide bonds. The lowest BCUT2D eigenvalue weighted by atomic mass is 10.1. The van der Waals surface area contributed by atoms with Crippen molar-refractivity contribution in [1.82, 2.24) is 14.9 Å². The van der Waals surface area contributed by atoms with Crippen LogP contribution in [0, 0.1) is 0 Å². The lowest BCUT2D eigenvalue weighted by Gasteiger charge is -2.19. The predicted octanol–water partition coefficient (Wildman–Crippen LogP) is 3.69. The van der Waals surface area contributed by atoms with Gasteiger partial charge in [-0.15, -0.1) is 24.8 Å². The molecule has 2 aromatic carbocycles. The molecular formula is C19H23Cl2N3O. The molecular weight excluding hydrogens is 357 g/mol. The molecule has 0 aliphatic carbocycles. The first-order valence-corrected chi connectivity index (χ1v) is 7.77. The van der Waals surface area contributed by atoms with Crippen molar-refractivity contribution in [2.45, 2.75) is 12.6 Å². The summed E-state index contributed by atoms with van der Waals surface area (Å²) >= 11 is 0. The third-order valence-electron chi connectivity index (χ3n) is 3.87. The van der Waals surface area contributed by atoms with E-state index in [1.165, 1.54) is 0 Å². The summed E-state index contributed by atoms with van der Waals surface area (Å²) in [7, 11) is 1.90. The number of halogens is 2. The van der Waals surface area contributed by atoms with E-state index in [1.807, 2.05) is 73.9 Å². The minimum Gasteiger partial charge on any atom is -0.394 e. The molecule has 3 aromatic rings. The molecule has 2 N–H and O–H groups in total. The van der Waals surface area contributed by atoms with Crippen molar-refractivity contribution >= 4 is 24.8 Å². The Hall–Kier alpha value is -1.85. The molecule has 0 aliphatic rings. The van der Waals surface area contributed by atoms with Gasteiger partial charge < -0.3 is 15.0 Å². The molecule has 1 aromatic heterocycles. The van der Waals surface area contributed by atoms with E-state index in [1.54, 1.807) is 0 Å². The van der Waals surface area contributed by atoms with Gasteiger partial charge in [0.15, 0.2) is 0 Å². The van der Waals surface area contributed by atoms with Crippen LogP contribution in [0.25, 0.3) is 11.4 Å². The number of hydrogen-bond acceptors (Lipinski definition) is 3. The largest absolute Gasteiger partial charge is 0.394 e. The van der Waals surface area contributed by atoms with E-state index in [0.717, 1.165) is 22.6 Å². The Morgan fingerprint density at radius 3 is 2.16 bits per heavy atom. The fourth-order valence-electron chi connectivity index (χ4n) is 2.78. The number of nitrogens with one attached hydrogen (secondary N) is 1. The van der Waals surface area contributed by atoms with Crippen LogP contribution in [0.3, 0.4) is 0 Å². The molecule has 0 spiro atoms. The van der Waals surface area contributed by atoms with Crippen molar-refractivity contribution in [3.05, 3.63) is 78.1 Å².